The standard InChI is InChI=1S/C39H54N4O12/c1-10-13-14-15-16-17-29(40-35(48)54-37(4,5)6)31(44)41-24-28(53-33(46)25-18-20-27(21-19-25)43(50)51)22-30(41)32(45)42(36(49)55-38(7,8)9)39(23-26(39)11-2)34(47)52-12-3/h10-11,18-21,26,28-30H,1-2,12-17,22-24H2,3-9H3,(H,40,48)/t26?,28?,29?,30?,39-/m1/s1. The zero-order valence-corrected chi connectivity index (χ0v) is 32.8. The summed E-state index contributed by atoms with van der Waals surface area (Å²) < 4.78 is 22.2. The number of esters is 2. The number of allylic oxidation sites excluding steroid dienone is 1. The Labute approximate surface area is 321 Å². The van der Waals surface area contributed by atoms with E-state index in [0.717, 1.165) is 29.9 Å². The van der Waals surface area contributed by atoms with Gasteiger partial charge in [-0.3, -0.25) is 19.7 Å². The van der Waals surface area contributed by atoms with Crippen LogP contribution >= 0.6 is 0 Å². The fourth-order valence-corrected chi connectivity index (χ4v) is 6.32. The van der Waals surface area contributed by atoms with Gasteiger partial charge in [0.15, 0.2) is 5.54 Å². The lowest BCUT2D eigenvalue weighted by molar-refractivity contribution is -0.384. The Bertz CT molecular complexity index is 1630. The van der Waals surface area contributed by atoms with Gasteiger partial charge in [-0.05, 0) is 86.3 Å². The number of rotatable bonds is 16. The SMILES string of the molecule is C=CCCCCCC(NC(=O)OC(C)(C)C)C(=O)N1CC(OC(=O)c2ccc([N+](=O)[O-])cc2)CC1C(=O)N(C(=O)OC(C)(C)C)[C@]1(C(=O)OCC)CC1C=C. The first-order valence-electron chi connectivity index (χ1n) is 18.4. The summed E-state index contributed by atoms with van der Waals surface area (Å²) in [6.45, 7) is 18.4. The van der Waals surface area contributed by atoms with E-state index in [2.05, 4.69) is 18.5 Å². The Kier molecular flexibility index (Phi) is 14.7. The predicted molar refractivity (Wildman–Crippen MR) is 200 cm³/mol. The van der Waals surface area contributed by atoms with Crippen molar-refractivity contribution in [2.75, 3.05) is 13.2 Å². The Morgan fingerprint density at radius 3 is 2.18 bits per heavy atom. The molecule has 4 amide bonds. The van der Waals surface area contributed by atoms with E-state index in [4.69, 9.17) is 18.9 Å². The van der Waals surface area contributed by atoms with Crippen molar-refractivity contribution in [2.24, 2.45) is 5.92 Å². The Morgan fingerprint density at radius 2 is 1.65 bits per heavy atom. The van der Waals surface area contributed by atoms with Crippen molar-refractivity contribution in [3.8, 4) is 0 Å². The summed E-state index contributed by atoms with van der Waals surface area (Å²) in [7, 11) is 0. The predicted octanol–water partition coefficient (Wildman–Crippen LogP) is 6.02. The highest BCUT2D eigenvalue weighted by Gasteiger charge is 2.69. The van der Waals surface area contributed by atoms with Crippen molar-refractivity contribution in [1.82, 2.24) is 15.1 Å². The third kappa shape index (κ3) is 11.6. The largest absolute Gasteiger partial charge is 0.464 e. The normalized spacial score (nSPS) is 21.0. The molecule has 4 unspecified atom stereocenters. The van der Waals surface area contributed by atoms with E-state index in [1.165, 1.54) is 18.2 Å². The first kappa shape index (κ1) is 44.1. The second-order valence-corrected chi connectivity index (χ2v) is 15.5. The lowest BCUT2D eigenvalue weighted by atomic mass is 10.0. The van der Waals surface area contributed by atoms with Gasteiger partial charge in [0.25, 0.3) is 11.6 Å². The molecule has 1 heterocycles. The summed E-state index contributed by atoms with van der Waals surface area (Å²) in [4.78, 5) is 95.6. The number of nitrogens with one attached hydrogen (secondary N) is 1. The molecule has 1 aromatic rings. The summed E-state index contributed by atoms with van der Waals surface area (Å²) in [5, 5.41) is 13.8. The number of amides is 4. The van der Waals surface area contributed by atoms with Crippen LogP contribution in [0.1, 0.15) is 104 Å². The maximum Gasteiger partial charge on any atom is 0.418 e. The number of likely N-dealkylation sites (tertiary alicyclic amines) is 1. The number of unbranched alkanes of at least 4 members (excludes halogenated alkanes) is 3. The quantitative estimate of drug-likeness (QED) is 0.0512. The minimum atomic E-state index is -1.82. The number of imide groups is 1. The lowest BCUT2D eigenvalue weighted by Crippen LogP contribution is -2.60. The fraction of sp³-hybridized carbons (Fsp3) is 0.590. The van der Waals surface area contributed by atoms with Crippen LogP contribution in [0.3, 0.4) is 0 Å². The topological polar surface area (TPSA) is 201 Å². The van der Waals surface area contributed by atoms with Gasteiger partial charge in [0.1, 0.15) is 29.4 Å². The minimum absolute atomic E-state index is 0.00687. The molecule has 16 heteroatoms. The zero-order chi connectivity index (χ0) is 41.3. The second kappa shape index (κ2) is 18.4. The summed E-state index contributed by atoms with van der Waals surface area (Å²) in [5.41, 5.74) is -4.09. The molecule has 2 aliphatic rings. The highest BCUT2D eigenvalue weighted by atomic mass is 16.6. The van der Waals surface area contributed by atoms with Crippen LogP contribution in [0.2, 0.25) is 0 Å². The molecule has 1 aliphatic heterocycles. The summed E-state index contributed by atoms with van der Waals surface area (Å²) >= 11 is 0. The maximum absolute atomic E-state index is 14.9. The first-order chi connectivity index (χ1) is 25.7. The summed E-state index contributed by atoms with van der Waals surface area (Å²) in [6.07, 6.45) is 2.63. The van der Waals surface area contributed by atoms with Crippen LogP contribution < -0.4 is 5.32 Å². The number of ether oxygens (including phenoxy) is 4. The summed E-state index contributed by atoms with van der Waals surface area (Å²) in [6, 6.07) is 2.00. The number of nitrogens with zero attached hydrogens (tertiary/aromatic N) is 3. The van der Waals surface area contributed by atoms with Crippen molar-refractivity contribution < 1.29 is 52.6 Å². The van der Waals surface area contributed by atoms with Crippen molar-refractivity contribution in [3.63, 3.8) is 0 Å². The summed E-state index contributed by atoms with van der Waals surface area (Å²) in [5.74, 6) is -4.14. The first-order valence-corrected chi connectivity index (χ1v) is 18.4. The second-order valence-electron chi connectivity index (χ2n) is 15.5. The van der Waals surface area contributed by atoms with Crippen molar-refractivity contribution in [1.29, 1.82) is 0 Å². The smallest absolute Gasteiger partial charge is 0.418 e. The van der Waals surface area contributed by atoms with Gasteiger partial charge in [-0.15, -0.1) is 13.2 Å². The molecule has 1 saturated carbocycles. The van der Waals surface area contributed by atoms with E-state index >= 15 is 0 Å². The van der Waals surface area contributed by atoms with Gasteiger partial charge in [0.05, 0.1) is 23.6 Å². The Hall–Kier alpha value is -5.28. The average Bonchev–Trinajstić information content (AvgIpc) is 3.67. The fourth-order valence-electron chi connectivity index (χ4n) is 6.32. The molecule has 55 heavy (non-hydrogen) atoms. The average molecular weight is 771 g/mol. The number of benzene rings is 1. The van der Waals surface area contributed by atoms with Gasteiger partial charge in [-0.1, -0.05) is 25.0 Å². The molecule has 0 spiro atoms. The van der Waals surface area contributed by atoms with Crippen LogP contribution in [-0.4, -0.2) is 98.7 Å². The van der Waals surface area contributed by atoms with Gasteiger partial charge < -0.3 is 29.2 Å². The van der Waals surface area contributed by atoms with Gasteiger partial charge in [-0.25, -0.2) is 24.1 Å². The number of carbonyl (C=O) groups excluding carboxylic acids is 6. The molecular weight excluding hydrogens is 716 g/mol. The van der Waals surface area contributed by atoms with Crippen LogP contribution in [0.5, 0.6) is 0 Å². The van der Waals surface area contributed by atoms with E-state index in [-0.39, 0.29) is 43.7 Å². The number of non-ortho nitro benzene ring substituents is 1. The molecule has 2 fully saturated rings. The van der Waals surface area contributed by atoms with Crippen molar-refractivity contribution in [3.05, 3.63) is 65.3 Å². The number of hydrogen-bond acceptors (Lipinski definition) is 12. The van der Waals surface area contributed by atoms with Gasteiger partial charge in [0, 0.05) is 24.5 Å². The van der Waals surface area contributed by atoms with Gasteiger partial charge >= 0.3 is 24.1 Å². The molecule has 0 radical (unpaired) electrons. The van der Waals surface area contributed by atoms with Gasteiger partial charge in [0.2, 0.25) is 5.91 Å². The van der Waals surface area contributed by atoms with E-state index in [1.807, 2.05) is 0 Å². The number of hydrogen-bond donors (Lipinski definition) is 1. The minimum Gasteiger partial charge on any atom is -0.464 e. The molecule has 16 nitrogen and oxygen atoms in total. The third-order valence-corrected chi connectivity index (χ3v) is 8.90. The number of alkyl carbamates (subject to hydrolysis) is 1. The molecule has 302 valence electrons. The lowest BCUT2D eigenvalue weighted by Gasteiger charge is -2.35. The maximum atomic E-state index is 14.9. The zero-order valence-electron chi connectivity index (χ0n) is 32.8. The monoisotopic (exact) mass is 770 g/mol. The third-order valence-electron chi connectivity index (χ3n) is 8.90. The van der Waals surface area contributed by atoms with E-state index < -0.39 is 81.7 Å². The van der Waals surface area contributed by atoms with Crippen LogP contribution in [0.4, 0.5) is 15.3 Å². The number of nitro benzene ring substituents is 1. The molecule has 1 aromatic carbocycles. The molecule has 1 N–H and O–H groups in total. The van der Waals surface area contributed by atoms with Crippen LogP contribution in [0.15, 0.2) is 49.6 Å². The molecule has 3 rings (SSSR count). The van der Waals surface area contributed by atoms with Gasteiger partial charge in [-0.2, -0.15) is 0 Å². The van der Waals surface area contributed by atoms with E-state index in [1.54, 1.807) is 54.5 Å². The van der Waals surface area contributed by atoms with Crippen molar-refractivity contribution in [2.45, 2.75) is 128 Å². The van der Waals surface area contributed by atoms with E-state index in [0.29, 0.717) is 17.7 Å². The number of carbonyl (C=O) groups is 6. The Morgan fingerprint density at radius 1 is 1.02 bits per heavy atom. The number of nitro groups is 1. The van der Waals surface area contributed by atoms with Crippen LogP contribution in [-0.2, 0) is 33.3 Å². The van der Waals surface area contributed by atoms with E-state index in [9.17, 15) is 38.9 Å². The molecule has 1 saturated heterocycles. The molecular formula is C39H54N4O12. The van der Waals surface area contributed by atoms with Crippen LogP contribution in [0.25, 0.3) is 0 Å². The molecule has 5 atom stereocenters. The van der Waals surface area contributed by atoms with Crippen LogP contribution in [0, 0.1) is 16.0 Å². The Balaban J connectivity index is 2.09. The molecule has 0 aromatic heterocycles. The molecule has 0 bridgehead atoms. The molecule has 1 aliphatic carbocycles. The highest BCUT2D eigenvalue weighted by Crippen LogP contribution is 2.51. The van der Waals surface area contributed by atoms with Crippen molar-refractivity contribution >= 4 is 41.6 Å². The highest BCUT2D eigenvalue weighted by molar-refractivity contribution is 6.04.